The standard InChI is InChI=1S/C14H18F3N/c1-14(17,11-3-2-6-18-9-11)8-10-7-12(15)4-5-13(10)16/h4-5,7,11,18H,2-3,6,8-9H2,1H3. The van der Waals surface area contributed by atoms with Crippen LogP contribution < -0.4 is 5.32 Å². The molecular weight excluding hydrogens is 239 g/mol. The summed E-state index contributed by atoms with van der Waals surface area (Å²) >= 11 is 0. The Morgan fingerprint density at radius 2 is 2.17 bits per heavy atom. The predicted molar refractivity (Wildman–Crippen MR) is 65.2 cm³/mol. The third kappa shape index (κ3) is 3.05. The van der Waals surface area contributed by atoms with Crippen LogP contribution in [0, 0.1) is 17.6 Å². The van der Waals surface area contributed by atoms with Gasteiger partial charge in [0, 0.05) is 18.9 Å². The number of hydrogen-bond donors (Lipinski definition) is 1. The van der Waals surface area contributed by atoms with E-state index in [0.29, 0.717) is 6.54 Å². The molecule has 0 amide bonds. The van der Waals surface area contributed by atoms with Gasteiger partial charge in [-0.05, 0) is 50.1 Å². The molecule has 1 N–H and O–H groups in total. The van der Waals surface area contributed by atoms with E-state index in [1.165, 1.54) is 6.92 Å². The monoisotopic (exact) mass is 257 g/mol. The summed E-state index contributed by atoms with van der Waals surface area (Å²) in [6.45, 7) is 2.99. The van der Waals surface area contributed by atoms with E-state index in [2.05, 4.69) is 5.32 Å². The zero-order valence-corrected chi connectivity index (χ0v) is 10.5. The number of piperidine rings is 1. The van der Waals surface area contributed by atoms with E-state index in [-0.39, 0.29) is 17.9 Å². The largest absolute Gasteiger partial charge is 0.316 e. The van der Waals surface area contributed by atoms with Gasteiger partial charge in [0.25, 0.3) is 0 Å². The SMILES string of the molecule is CC(F)(Cc1cc(F)ccc1F)C1CCCNC1. The summed E-state index contributed by atoms with van der Waals surface area (Å²) in [5.41, 5.74) is -1.40. The van der Waals surface area contributed by atoms with E-state index >= 15 is 0 Å². The second kappa shape index (κ2) is 5.31. The van der Waals surface area contributed by atoms with Crippen molar-refractivity contribution in [2.24, 2.45) is 5.92 Å². The highest BCUT2D eigenvalue weighted by atomic mass is 19.1. The fourth-order valence-corrected chi connectivity index (χ4v) is 2.56. The zero-order valence-electron chi connectivity index (χ0n) is 10.5. The van der Waals surface area contributed by atoms with E-state index in [4.69, 9.17) is 0 Å². The van der Waals surface area contributed by atoms with Gasteiger partial charge in [0.2, 0.25) is 0 Å². The normalized spacial score (nSPS) is 23.7. The third-order valence-electron chi connectivity index (χ3n) is 3.69. The minimum absolute atomic E-state index is 0.0804. The van der Waals surface area contributed by atoms with Gasteiger partial charge in [0.1, 0.15) is 17.3 Å². The Morgan fingerprint density at radius 1 is 1.39 bits per heavy atom. The van der Waals surface area contributed by atoms with Crippen LogP contribution in [0.25, 0.3) is 0 Å². The van der Waals surface area contributed by atoms with Gasteiger partial charge < -0.3 is 5.32 Å². The lowest BCUT2D eigenvalue weighted by atomic mass is 9.81. The van der Waals surface area contributed by atoms with Crippen molar-refractivity contribution < 1.29 is 13.2 Å². The van der Waals surface area contributed by atoms with Gasteiger partial charge in [-0.2, -0.15) is 0 Å². The molecule has 2 unspecified atom stereocenters. The van der Waals surface area contributed by atoms with E-state index in [1.54, 1.807) is 0 Å². The van der Waals surface area contributed by atoms with Crippen LogP contribution in [-0.2, 0) is 6.42 Å². The number of halogens is 3. The molecule has 0 radical (unpaired) electrons. The maximum Gasteiger partial charge on any atom is 0.126 e. The quantitative estimate of drug-likeness (QED) is 0.876. The van der Waals surface area contributed by atoms with Crippen molar-refractivity contribution >= 4 is 0 Å². The van der Waals surface area contributed by atoms with Crippen molar-refractivity contribution in [2.45, 2.75) is 31.9 Å². The van der Waals surface area contributed by atoms with Crippen molar-refractivity contribution in [1.82, 2.24) is 5.32 Å². The van der Waals surface area contributed by atoms with Crippen LogP contribution in [0.4, 0.5) is 13.2 Å². The van der Waals surface area contributed by atoms with Crippen molar-refractivity contribution in [3.8, 4) is 0 Å². The van der Waals surface area contributed by atoms with E-state index < -0.39 is 17.3 Å². The summed E-state index contributed by atoms with van der Waals surface area (Å²) in [5.74, 6) is -1.21. The number of alkyl halides is 1. The highest BCUT2D eigenvalue weighted by molar-refractivity contribution is 5.21. The highest BCUT2D eigenvalue weighted by Gasteiger charge is 2.35. The fourth-order valence-electron chi connectivity index (χ4n) is 2.56. The number of benzene rings is 1. The summed E-state index contributed by atoms with van der Waals surface area (Å²) in [4.78, 5) is 0. The molecule has 0 bridgehead atoms. The molecule has 1 fully saturated rings. The summed E-state index contributed by atoms with van der Waals surface area (Å²) in [6, 6.07) is 3.19. The van der Waals surface area contributed by atoms with Crippen LogP contribution in [0.2, 0.25) is 0 Å². The number of nitrogens with one attached hydrogen (secondary N) is 1. The molecule has 1 aromatic rings. The van der Waals surface area contributed by atoms with Crippen LogP contribution >= 0.6 is 0 Å². The van der Waals surface area contributed by atoms with Gasteiger partial charge in [0.05, 0.1) is 0 Å². The Morgan fingerprint density at radius 3 is 2.83 bits per heavy atom. The van der Waals surface area contributed by atoms with Crippen LogP contribution in [0.1, 0.15) is 25.3 Å². The Bertz CT molecular complexity index is 412. The van der Waals surface area contributed by atoms with E-state index in [9.17, 15) is 13.2 Å². The Kier molecular flexibility index (Phi) is 3.95. The molecule has 0 spiro atoms. The minimum atomic E-state index is -1.51. The van der Waals surface area contributed by atoms with E-state index in [0.717, 1.165) is 37.6 Å². The second-order valence-corrected chi connectivity index (χ2v) is 5.23. The lowest BCUT2D eigenvalue weighted by molar-refractivity contribution is 0.0823. The van der Waals surface area contributed by atoms with Crippen LogP contribution in [-0.4, -0.2) is 18.8 Å². The van der Waals surface area contributed by atoms with E-state index in [1.807, 2.05) is 0 Å². The molecule has 0 aliphatic carbocycles. The highest BCUT2D eigenvalue weighted by Crippen LogP contribution is 2.32. The van der Waals surface area contributed by atoms with Gasteiger partial charge in [0.15, 0.2) is 0 Å². The van der Waals surface area contributed by atoms with Crippen molar-refractivity contribution in [1.29, 1.82) is 0 Å². The number of hydrogen-bond acceptors (Lipinski definition) is 1. The molecule has 2 atom stereocenters. The molecule has 18 heavy (non-hydrogen) atoms. The van der Waals surface area contributed by atoms with Gasteiger partial charge >= 0.3 is 0 Å². The first-order valence-corrected chi connectivity index (χ1v) is 6.32. The summed E-state index contributed by atoms with van der Waals surface area (Å²) in [7, 11) is 0. The number of rotatable bonds is 3. The van der Waals surface area contributed by atoms with Crippen LogP contribution in [0.15, 0.2) is 18.2 Å². The molecule has 0 saturated carbocycles. The molecule has 1 aliphatic heterocycles. The summed E-state index contributed by atoms with van der Waals surface area (Å²) in [6.07, 6.45) is 1.63. The molecule has 0 aromatic heterocycles. The Balaban J connectivity index is 2.13. The smallest absolute Gasteiger partial charge is 0.126 e. The van der Waals surface area contributed by atoms with Gasteiger partial charge in [-0.1, -0.05) is 0 Å². The zero-order chi connectivity index (χ0) is 13.2. The Labute approximate surface area is 105 Å². The van der Waals surface area contributed by atoms with Gasteiger partial charge in [-0.25, -0.2) is 13.2 Å². The molecule has 1 aliphatic rings. The molecule has 100 valence electrons. The Hall–Kier alpha value is -1.03. The maximum absolute atomic E-state index is 14.6. The predicted octanol–water partition coefficient (Wildman–Crippen LogP) is 3.24. The lowest BCUT2D eigenvalue weighted by Gasteiger charge is -2.34. The summed E-state index contributed by atoms with van der Waals surface area (Å²) in [5, 5.41) is 3.14. The molecule has 4 heteroatoms. The first kappa shape index (κ1) is 13.4. The maximum atomic E-state index is 14.6. The average Bonchev–Trinajstić information content (AvgIpc) is 2.35. The molecule has 1 saturated heterocycles. The fraction of sp³-hybridized carbons (Fsp3) is 0.571. The molecule has 1 heterocycles. The molecule has 1 aromatic carbocycles. The average molecular weight is 257 g/mol. The second-order valence-electron chi connectivity index (χ2n) is 5.23. The summed E-state index contributed by atoms with van der Waals surface area (Å²) < 4.78 is 41.2. The first-order chi connectivity index (χ1) is 8.49. The van der Waals surface area contributed by atoms with Crippen LogP contribution in [0.3, 0.4) is 0 Å². The van der Waals surface area contributed by atoms with Gasteiger partial charge in [-0.15, -0.1) is 0 Å². The van der Waals surface area contributed by atoms with Crippen molar-refractivity contribution in [2.75, 3.05) is 13.1 Å². The molecule has 1 nitrogen and oxygen atoms in total. The van der Waals surface area contributed by atoms with Gasteiger partial charge in [-0.3, -0.25) is 0 Å². The topological polar surface area (TPSA) is 12.0 Å². The first-order valence-electron chi connectivity index (χ1n) is 6.32. The molecular formula is C14H18F3N. The van der Waals surface area contributed by atoms with Crippen molar-refractivity contribution in [3.05, 3.63) is 35.4 Å². The molecule has 2 rings (SSSR count). The minimum Gasteiger partial charge on any atom is -0.316 e. The third-order valence-corrected chi connectivity index (χ3v) is 3.69. The van der Waals surface area contributed by atoms with Crippen molar-refractivity contribution in [3.63, 3.8) is 0 Å². The van der Waals surface area contributed by atoms with Crippen LogP contribution in [0.5, 0.6) is 0 Å². The lowest BCUT2D eigenvalue weighted by Crippen LogP contribution is -2.43.